The van der Waals surface area contributed by atoms with Crippen molar-refractivity contribution in [3.05, 3.63) is 54.4 Å². The third kappa shape index (κ3) is 5.90. The number of nitriles is 1. The first-order valence-corrected chi connectivity index (χ1v) is 11.4. The predicted molar refractivity (Wildman–Crippen MR) is 128 cm³/mol. The molecule has 2 aromatic heterocycles. The largest absolute Gasteiger partial charge is 0.483 e. The molecular formula is C25H24F2N6O4. The Bertz CT molecular complexity index is 1330. The van der Waals surface area contributed by atoms with Crippen molar-refractivity contribution in [2.75, 3.05) is 25.5 Å². The highest BCUT2D eigenvalue weighted by Crippen LogP contribution is 2.34. The highest BCUT2D eigenvalue weighted by molar-refractivity contribution is 5.80. The van der Waals surface area contributed by atoms with Crippen molar-refractivity contribution in [1.29, 1.82) is 5.26 Å². The molecule has 0 aliphatic carbocycles. The number of hydrogen-bond acceptors (Lipinski definition) is 9. The van der Waals surface area contributed by atoms with Crippen LogP contribution < -0.4 is 14.8 Å². The third-order valence-electron chi connectivity index (χ3n) is 5.72. The van der Waals surface area contributed by atoms with Gasteiger partial charge in [0.05, 0.1) is 24.9 Å². The lowest BCUT2D eigenvalue weighted by Crippen LogP contribution is -2.56. The number of ether oxygens (including phenoxy) is 2. The number of alkyl halides is 2. The van der Waals surface area contributed by atoms with E-state index in [0.29, 0.717) is 28.8 Å². The highest BCUT2D eigenvalue weighted by Gasteiger charge is 2.48. The molecule has 2 atom stereocenters. The van der Waals surface area contributed by atoms with E-state index in [4.69, 9.17) is 9.47 Å². The Labute approximate surface area is 211 Å². The molecule has 12 heteroatoms. The number of amides is 1. The van der Waals surface area contributed by atoms with Crippen LogP contribution in [0.5, 0.6) is 11.6 Å². The van der Waals surface area contributed by atoms with Gasteiger partial charge in [-0.2, -0.15) is 5.26 Å². The second-order valence-corrected chi connectivity index (χ2v) is 8.39. The van der Waals surface area contributed by atoms with E-state index in [1.807, 2.05) is 6.07 Å². The summed E-state index contributed by atoms with van der Waals surface area (Å²) in [7, 11) is 1.51. The van der Waals surface area contributed by atoms with Crippen LogP contribution in [0.1, 0.15) is 18.9 Å². The minimum atomic E-state index is -3.36. The van der Waals surface area contributed by atoms with Gasteiger partial charge in [-0.05, 0) is 37.3 Å². The Morgan fingerprint density at radius 1 is 1.27 bits per heavy atom. The van der Waals surface area contributed by atoms with E-state index < -0.39 is 30.6 Å². The van der Waals surface area contributed by atoms with Crippen LogP contribution in [0.25, 0.3) is 11.3 Å². The number of methoxy groups -OCH3 is 1. The van der Waals surface area contributed by atoms with Crippen molar-refractivity contribution in [3.63, 3.8) is 0 Å². The Kier molecular flexibility index (Phi) is 7.45. The Morgan fingerprint density at radius 3 is 2.76 bits per heavy atom. The molecule has 10 nitrogen and oxygen atoms in total. The molecule has 4 rings (SSSR count). The molecule has 0 saturated carbocycles. The van der Waals surface area contributed by atoms with Gasteiger partial charge in [0.1, 0.15) is 17.9 Å². The fraction of sp³-hybridized carbons (Fsp3) is 0.320. The van der Waals surface area contributed by atoms with Gasteiger partial charge in [-0.25, -0.2) is 23.7 Å². The highest BCUT2D eigenvalue weighted by atomic mass is 19.3. The van der Waals surface area contributed by atoms with E-state index in [9.17, 15) is 23.9 Å². The zero-order valence-electron chi connectivity index (χ0n) is 20.1. The van der Waals surface area contributed by atoms with Crippen LogP contribution in [0.4, 0.5) is 20.4 Å². The Hall–Kier alpha value is -4.37. The molecule has 1 aromatic carbocycles. The van der Waals surface area contributed by atoms with Crippen molar-refractivity contribution in [2.24, 2.45) is 0 Å². The molecule has 2 N–H and O–H groups in total. The summed E-state index contributed by atoms with van der Waals surface area (Å²) in [5, 5.41) is 22.1. The minimum absolute atomic E-state index is 0.00233. The summed E-state index contributed by atoms with van der Waals surface area (Å²) in [5.41, 5.74) is 1.78. The van der Waals surface area contributed by atoms with E-state index >= 15 is 0 Å². The van der Waals surface area contributed by atoms with Crippen LogP contribution in [0.3, 0.4) is 0 Å². The number of nitrogens with one attached hydrogen (secondary N) is 1. The summed E-state index contributed by atoms with van der Waals surface area (Å²) in [4.78, 5) is 25.5. The number of aliphatic hydroxyl groups excluding tert-OH is 1. The monoisotopic (exact) mass is 510 g/mol. The lowest BCUT2D eigenvalue weighted by molar-refractivity contribution is -0.165. The molecule has 0 bridgehead atoms. The van der Waals surface area contributed by atoms with E-state index in [0.717, 1.165) is 4.90 Å². The zero-order valence-corrected chi connectivity index (χ0v) is 20.1. The van der Waals surface area contributed by atoms with E-state index in [1.54, 1.807) is 36.7 Å². The van der Waals surface area contributed by atoms with E-state index in [1.165, 1.54) is 26.2 Å². The van der Waals surface area contributed by atoms with Crippen molar-refractivity contribution in [3.8, 4) is 29.0 Å². The molecule has 37 heavy (non-hydrogen) atoms. The Balaban J connectivity index is 1.51. The molecule has 1 saturated heterocycles. The minimum Gasteiger partial charge on any atom is -0.483 e. The number of hydrogen-bond donors (Lipinski definition) is 2. The molecule has 1 fully saturated rings. The average molecular weight is 511 g/mol. The van der Waals surface area contributed by atoms with Gasteiger partial charge in [0.25, 0.3) is 5.91 Å². The first-order valence-electron chi connectivity index (χ1n) is 11.4. The summed E-state index contributed by atoms with van der Waals surface area (Å²) in [6.07, 6.45) is 0.0643. The van der Waals surface area contributed by atoms with Gasteiger partial charge in [-0.1, -0.05) is 0 Å². The van der Waals surface area contributed by atoms with Crippen molar-refractivity contribution < 1.29 is 28.2 Å². The predicted octanol–water partition coefficient (Wildman–Crippen LogP) is 3.16. The van der Waals surface area contributed by atoms with E-state index in [-0.39, 0.29) is 24.3 Å². The zero-order chi connectivity index (χ0) is 26.6. The van der Waals surface area contributed by atoms with Crippen LogP contribution in [0.15, 0.2) is 48.8 Å². The first kappa shape index (κ1) is 25.7. The van der Waals surface area contributed by atoms with Crippen molar-refractivity contribution >= 4 is 17.5 Å². The van der Waals surface area contributed by atoms with Crippen LogP contribution in [-0.4, -0.2) is 69.2 Å². The molecule has 0 radical (unpaired) electrons. The normalized spacial score (nSPS) is 17.4. The van der Waals surface area contributed by atoms with Gasteiger partial charge < -0.3 is 24.8 Å². The van der Waals surface area contributed by atoms with Crippen molar-refractivity contribution in [2.45, 2.75) is 31.5 Å². The maximum absolute atomic E-state index is 14.8. The van der Waals surface area contributed by atoms with Gasteiger partial charge in [0.15, 0.2) is 6.10 Å². The lowest BCUT2D eigenvalue weighted by Gasteiger charge is -2.38. The van der Waals surface area contributed by atoms with E-state index in [2.05, 4.69) is 20.3 Å². The molecule has 1 aliphatic heterocycles. The van der Waals surface area contributed by atoms with Crippen LogP contribution in [0, 0.1) is 11.3 Å². The SMILES string of the molecule is COc1cc(Nc2nccc(-c3ccc(O[C@@H]4CCN(C(=O)[C@@H](C)O)CC4(F)F)c(C#N)c3)n2)ccn1. The number of benzene rings is 1. The molecule has 0 spiro atoms. The molecular weight excluding hydrogens is 486 g/mol. The van der Waals surface area contributed by atoms with Gasteiger partial charge in [0, 0.05) is 42.7 Å². The first-order chi connectivity index (χ1) is 17.7. The van der Waals surface area contributed by atoms with Crippen LogP contribution in [-0.2, 0) is 4.79 Å². The number of pyridine rings is 1. The number of likely N-dealkylation sites (tertiary alicyclic amines) is 1. The van der Waals surface area contributed by atoms with Gasteiger partial charge in [-0.3, -0.25) is 4.79 Å². The summed E-state index contributed by atoms with van der Waals surface area (Å²) in [5.74, 6) is -3.41. The van der Waals surface area contributed by atoms with Crippen molar-refractivity contribution in [1.82, 2.24) is 19.9 Å². The molecule has 1 amide bonds. The Morgan fingerprint density at radius 2 is 2.05 bits per heavy atom. The lowest BCUT2D eigenvalue weighted by atomic mass is 10.0. The second-order valence-electron chi connectivity index (χ2n) is 8.39. The third-order valence-corrected chi connectivity index (χ3v) is 5.72. The summed E-state index contributed by atoms with van der Waals surface area (Å²) in [6, 6.07) is 11.6. The summed E-state index contributed by atoms with van der Waals surface area (Å²) >= 11 is 0. The standard InChI is InChI=1S/C25H24F2N6O4/c1-15(34)23(35)33-10-7-21(25(26,27)14-33)37-20-4-3-16(11-17(20)13-28)19-6-9-30-24(32-19)31-18-5-8-29-22(12-18)36-2/h3-6,8-9,11-12,15,21,34H,7,10,14H2,1-2H3,(H,29,30,31,32)/t15-,21-/m1/s1. The maximum atomic E-state index is 14.8. The molecule has 3 heterocycles. The summed E-state index contributed by atoms with van der Waals surface area (Å²) in [6.45, 7) is 0.363. The number of aliphatic hydroxyl groups is 1. The number of rotatable bonds is 7. The fourth-order valence-corrected chi connectivity index (χ4v) is 3.86. The number of aromatic nitrogens is 3. The number of carbonyl (C=O) groups excluding carboxylic acids is 1. The number of nitrogens with zero attached hydrogens (tertiary/aromatic N) is 5. The quantitative estimate of drug-likeness (QED) is 0.492. The fourth-order valence-electron chi connectivity index (χ4n) is 3.86. The number of carbonyl (C=O) groups is 1. The van der Waals surface area contributed by atoms with Gasteiger partial charge in [-0.15, -0.1) is 0 Å². The molecule has 192 valence electrons. The molecule has 0 unspecified atom stereocenters. The van der Waals surface area contributed by atoms with Gasteiger partial charge >= 0.3 is 5.92 Å². The topological polar surface area (TPSA) is 133 Å². The smallest absolute Gasteiger partial charge is 0.301 e. The van der Waals surface area contributed by atoms with Crippen LogP contribution >= 0.6 is 0 Å². The second kappa shape index (κ2) is 10.7. The average Bonchev–Trinajstić information content (AvgIpc) is 2.89. The number of piperidine rings is 1. The molecule has 3 aromatic rings. The molecule has 1 aliphatic rings. The van der Waals surface area contributed by atoms with Gasteiger partial charge in [0.2, 0.25) is 11.8 Å². The number of halogens is 2. The maximum Gasteiger partial charge on any atom is 0.301 e. The summed E-state index contributed by atoms with van der Waals surface area (Å²) < 4.78 is 40.2. The number of anilines is 2. The van der Waals surface area contributed by atoms with Crippen LogP contribution in [0.2, 0.25) is 0 Å².